The van der Waals surface area contributed by atoms with Crippen LogP contribution in [0.15, 0.2) is 49.1 Å². The molecular weight excluding hydrogens is 330 g/mol. The predicted octanol–water partition coefficient (Wildman–Crippen LogP) is 2.12. The van der Waals surface area contributed by atoms with Gasteiger partial charge in [0.05, 0.1) is 5.92 Å². The number of piperidine rings is 1. The minimum atomic E-state index is -0.0958. The van der Waals surface area contributed by atoms with E-state index < -0.39 is 0 Å². The van der Waals surface area contributed by atoms with Crippen LogP contribution in [0.5, 0.6) is 0 Å². The average Bonchev–Trinajstić information content (AvgIpc) is 3.24. The largest absolute Gasteiger partial charge is 0.340 e. The lowest BCUT2D eigenvalue weighted by Gasteiger charge is -2.31. The summed E-state index contributed by atoms with van der Waals surface area (Å²) in [6, 6.07) is 9.36. The Labute approximate surface area is 150 Å². The van der Waals surface area contributed by atoms with Crippen LogP contribution in [0.1, 0.15) is 12.8 Å². The number of hydrogen-bond donors (Lipinski definition) is 2. The first-order chi connectivity index (χ1) is 12.8. The number of H-pyrrole nitrogens is 1. The minimum Gasteiger partial charge on any atom is -0.340 e. The highest BCUT2D eigenvalue weighted by Gasteiger charge is 2.27. The number of nitrogens with one attached hydrogen (secondary N) is 2. The monoisotopic (exact) mass is 349 g/mol. The fourth-order valence-corrected chi connectivity index (χ4v) is 3.16. The van der Waals surface area contributed by atoms with Gasteiger partial charge in [0, 0.05) is 36.7 Å². The van der Waals surface area contributed by atoms with E-state index in [1.54, 1.807) is 18.5 Å². The van der Waals surface area contributed by atoms with Crippen LogP contribution < -0.4 is 10.2 Å². The molecule has 1 aliphatic heterocycles. The Kier molecular flexibility index (Phi) is 4.55. The first-order valence-electron chi connectivity index (χ1n) is 8.58. The Morgan fingerprint density at radius 1 is 1.19 bits per heavy atom. The van der Waals surface area contributed by atoms with E-state index in [-0.39, 0.29) is 11.8 Å². The molecule has 26 heavy (non-hydrogen) atoms. The molecule has 8 heteroatoms. The quantitative estimate of drug-likeness (QED) is 0.748. The third-order valence-corrected chi connectivity index (χ3v) is 4.45. The van der Waals surface area contributed by atoms with Gasteiger partial charge in [-0.15, -0.1) is 0 Å². The van der Waals surface area contributed by atoms with E-state index >= 15 is 0 Å². The molecule has 1 atom stereocenters. The highest BCUT2D eigenvalue weighted by molar-refractivity contribution is 5.93. The lowest BCUT2D eigenvalue weighted by molar-refractivity contribution is -0.120. The number of benzene rings is 1. The van der Waals surface area contributed by atoms with E-state index in [0.29, 0.717) is 18.3 Å². The van der Waals surface area contributed by atoms with Crippen LogP contribution in [0, 0.1) is 5.92 Å². The number of carbonyl (C=O) groups is 1. The minimum absolute atomic E-state index is 0.0142. The SMILES string of the molecule is O=C(Nc1cccc(-c2ncn[nH]2)c1)[C@@H]1CCCN(c2ncccn2)C1. The maximum atomic E-state index is 12.7. The van der Waals surface area contributed by atoms with Crippen LogP contribution in [0.25, 0.3) is 11.4 Å². The van der Waals surface area contributed by atoms with Crippen molar-refractivity contribution in [1.29, 1.82) is 0 Å². The second-order valence-electron chi connectivity index (χ2n) is 6.24. The lowest BCUT2D eigenvalue weighted by atomic mass is 9.97. The third-order valence-electron chi connectivity index (χ3n) is 4.45. The van der Waals surface area contributed by atoms with Gasteiger partial charge in [-0.25, -0.2) is 15.0 Å². The van der Waals surface area contributed by atoms with Crippen LogP contribution in [-0.2, 0) is 4.79 Å². The smallest absolute Gasteiger partial charge is 0.229 e. The molecule has 0 radical (unpaired) electrons. The second-order valence-corrected chi connectivity index (χ2v) is 6.24. The number of anilines is 2. The van der Waals surface area contributed by atoms with Crippen LogP contribution >= 0.6 is 0 Å². The fraction of sp³-hybridized carbons (Fsp3) is 0.278. The first kappa shape index (κ1) is 16.2. The molecule has 2 aromatic heterocycles. The lowest BCUT2D eigenvalue weighted by Crippen LogP contribution is -2.41. The number of rotatable bonds is 4. The van der Waals surface area contributed by atoms with E-state index in [4.69, 9.17) is 0 Å². The fourth-order valence-electron chi connectivity index (χ4n) is 3.16. The summed E-state index contributed by atoms with van der Waals surface area (Å²) in [6.45, 7) is 1.49. The number of amides is 1. The van der Waals surface area contributed by atoms with Gasteiger partial charge in [-0.3, -0.25) is 9.89 Å². The summed E-state index contributed by atoms with van der Waals surface area (Å²) in [4.78, 5) is 27.5. The van der Waals surface area contributed by atoms with Gasteiger partial charge >= 0.3 is 0 Å². The van der Waals surface area contributed by atoms with Crippen molar-refractivity contribution in [1.82, 2.24) is 25.1 Å². The van der Waals surface area contributed by atoms with Crippen molar-refractivity contribution in [3.05, 3.63) is 49.1 Å². The van der Waals surface area contributed by atoms with E-state index in [0.717, 1.165) is 30.6 Å². The molecule has 1 aromatic carbocycles. The van der Waals surface area contributed by atoms with E-state index in [1.165, 1.54) is 6.33 Å². The van der Waals surface area contributed by atoms with Gasteiger partial charge in [0.1, 0.15) is 6.33 Å². The zero-order valence-electron chi connectivity index (χ0n) is 14.2. The zero-order chi connectivity index (χ0) is 17.8. The van der Waals surface area contributed by atoms with Gasteiger partial charge < -0.3 is 10.2 Å². The topological polar surface area (TPSA) is 99.7 Å². The van der Waals surface area contributed by atoms with Crippen molar-refractivity contribution in [2.75, 3.05) is 23.3 Å². The van der Waals surface area contributed by atoms with Crippen molar-refractivity contribution in [2.45, 2.75) is 12.8 Å². The number of nitrogens with zero attached hydrogens (tertiary/aromatic N) is 5. The van der Waals surface area contributed by atoms with E-state index in [1.807, 2.05) is 24.3 Å². The summed E-state index contributed by atoms with van der Waals surface area (Å²) in [7, 11) is 0. The second kappa shape index (κ2) is 7.30. The van der Waals surface area contributed by atoms with Gasteiger partial charge in [0.2, 0.25) is 11.9 Å². The molecule has 0 spiro atoms. The normalized spacial score (nSPS) is 17.1. The van der Waals surface area contributed by atoms with Gasteiger partial charge in [0.25, 0.3) is 0 Å². The van der Waals surface area contributed by atoms with Crippen LogP contribution in [0.3, 0.4) is 0 Å². The predicted molar refractivity (Wildman–Crippen MR) is 97.4 cm³/mol. The molecule has 1 fully saturated rings. The molecule has 0 unspecified atom stereocenters. The summed E-state index contributed by atoms with van der Waals surface area (Å²) < 4.78 is 0. The first-order valence-corrected chi connectivity index (χ1v) is 8.58. The average molecular weight is 349 g/mol. The summed E-state index contributed by atoms with van der Waals surface area (Å²) in [5, 5.41) is 9.70. The van der Waals surface area contributed by atoms with Crippen LogP contribution in [-0.4, -0.2) is 44.1 Å². The molecule has 1 saturated heterocycles. The molecule has 1 amide bonds. The Bertz CT molecular complexity index is 866. The molecule has 132 valence electrons. The van der Waals surface area contributed by atoms with Crippen molar-refractivity contribution in [2.24, 2.45) is 5.92 Å². The Morgan fingerprint density at radius 3 is 2.88 bits per heavy atom. The zero-order valence-corrected chi connectivity index (χ0v) is 14.2. The van der Waals surface area contributed by atoms with Crippen molar-refractivity contribution < 1.29 is 4.79 Å². The van der Waals surface area contributed by atoms with Gasteiger partial charge in [-0.2, -0.15) is 5.10 Å². The molecule has 4 rings (SSSR count). The number of aromatic amines is 1. The molecule has 1 aliphatic rings. The van der Waals surface area contributed by atoms with Crippen molar-refractivity contribution >= 4 is 17.5 Å². The van der Waals surface area contributed by atoms with E-state index in [9.17, 15) is 4.79 Å². The molecular formula is C18H19N7O. The molecule has 3 heterocycles. The summed E-state index contributed by atoms with van der Waals surface area (Å²) >= 11 is 0. The Morgan fingerprint density at radius 2 is 2.08 bits per heavy atom. The van der Waals surface area contributed by atoms with E-state index in [2.05, 4.69) is 35.4 Å². The Balaban J connectivity index is 1.44. The van der Waals surface area contributed by atoms with Crippen LogP contribution in [0.4, 0.5) is 11.6 Å². The van der Waals surface area contributed by atoms with Gasteiger partial charge in [-0.05, 0) is 31.0 Å². The summed E-state index contributed by atoms with van der Waals surface area (Å²) in [6.07, 6.45) is 6.70. The number of hydrogen-bond acceptors (Lipinski definition) is 6. The van der Waals surface area contributed by atoms with Crippen molar-refractivity contribution in [3.63, 3.8) is 0 Å². The summed E-state index contributed by atoms with van der Waals surface area (Å²) in [5.41, 5.74) is 1.63. The maximum absolute atomic E-state index is 12.7. The highest BCUT2D eigenvalue weighted by Crippen LogP contribution is 2.23. The van der Waals surface area contributed by atoms with Gasteiger partial charge in [-0.1, -0.05) is 12.1 Å². The van der Waals surface area contributed by atoms with Gasteiger partial charge in [0.15, 0.2) is 5.82 Å². The molecule has 0 bridgehead atoms. The standard InChI is InChI=1S/C18H19N7O/c26-17(14-5-2-9-25(11-14)18-19-7-3-8-20-18)23-15-6-1-4-13(10-15)16-21-12-22-24-16/h1,3-4,6-8,10,12,14H,2,5,9,11H2,(H,23,26)(H,21,22,24)/t14-/m1/s1. The van der Waals surface area contributed by atoms with Crippen LogP contribution in [0.2, 0.25) is 0 Å². The highest BCUT2D eigenvalue weighted by atomic mass is 16.1. The molecule has 2 N–H and O–H groups in total. The molecule has 0 aliphatic carbocycles. The number of carbonyl (C=O) groups excluding carboxylic acids is 1. The van der Waals surface area contributed by atoms with Crippen molar-refractivity contribution in [3.8, 4) is 11.4 Å². The summed E-state index contributed by atoms with van der Waals surface area (Å²) in [5.74, 6) is 1.27. The third kappa shape index (κ3) is 3.53. The maximum Gasteiger partial charge on any atom is 0.229 e. The molecule has 3 aromatic rings. The molecule has 8 nitrogen and oxygen atoms in total. The number of aromatic nitrogens is 5. The molecule has 0 saturated carbocycles. The Hall–Kier alpha value is -3.29.